The maximum absolute atomic E-state index is 11.3. The third-order valence-corrected chi connectivity index (χ3v) is 6.40. The molecule has 3 aliphatic carbocycles. The van der Waals surface area contributed by atoms with Crippen molar-refractivity contribution in [3.05, 3.63) is 30.6 Å². The van der Waals surface area contributed by atoms with E-state index < -0.39 is 5.97 Å². The molecule has 0 spiro atoms. The van der Waals surface area contributed by atoms with Crippen LogP contribution in [0.4, 0.5) is 0 Å². The second-order valence-electron chi connectivity index (χ2n) is 8.30. The largest absolute Gasteiger partial charge is 0.492 e. The number of aliphatic carboxylic acids is 1. The zero-order chi connectivity index (χ0) is 18.7. The molecule has 0 atom stereocenters. The highest BCUT2D eigenvalue weighted by Gasteiger charge is 2.63. The van der Waals surface area contributed by atoms with Crippen molar-refractivity contribution in [2.24, 2.45) is 10.8 Å². The topological polar surface area (TPSA) is 88.1 Å². The highest BCUT2D eigenvalue weighted by Crippen LogP contribution is 2.68. The van der Waals surface area contributed by atoms with E-state index in [0.717, 1.165) is 55.7 Å². The number of nitrogens with one attached hydrogen (secondary N) is 1. The molecule has 3 saturated carbocycles. The van der Waals surface area contributed by atoms with Gasteiger partial charge in [0.15, 0.2) is 0 Å². The van der Waals surface area contributed by atoms with Crippen molar-refractivity contribution >= 4 is 5.97 Å². The Morgan fingerprint density at radius 1 is 1.15 bits per heavy atom. The molecular formula is C21H27N3O3. The molecule has 2 heterocycles. The first-order chi connectivity index (χ1) is 13.1. The monoisotopic (exact) mass is 369 g/mol. The first-order valence-electron chi connectivity index (χ1n) is 9.93. The van der Waals surface area contributed by atoms with Crippen molar-refractivity contribution in [1.29, 1.82) is 0 Å². The van der Waals surface area contributed by atoms with Gasteiger partial charge in [0.05, 0.1) is 29.6 Å². The lowest BCUT2D eigenvalue weighted by atomic mass is 9.58. The van der Waals surface area contributed by atoms with Crippen LogP contribution in [0.5, 0.6) is 5.75 Å². The van der Waals surface area contributed by atoms with E-state index in [1.165, 1.54) is 19.3 Å². The molecule has 144 valence electrons. The number of pyridine rings is 1. The average molecular weight is 369 g/mol. The van der Waals surface area contributed by atoms with Crippen LogP contribution in [0.2, 0.25) is 0 Å². The van der Waals surface area contributed by atoms with Gasteiger partial charge in [0.2, 0.25) is 0 Å². The van der Waals surface area contributed by atoms with Gasteiger partial charge in [0.1, 0.15) is 5.75 Å². The normalized spacial score (nSPS) is 25.9. The standard InChI is InChI=1S/C21H27N3O3/c25-19(26)21-10-9-20(14-21,15-21)8-3-1-2-4-12-27-16-5-6-17(22-13-16)18-7-11-23-24-18/h5-7,11,13H,1-4,8-10,12,14-15H2,(H,23,24)(H,25,26). The first kappa shape index (κ1) is 18.0. The Bertz CT molecular complexity index is 764. The fourth-order valence-electron chi connectivity index (χ4n) is 4.97. The van der Waals surface area contributed by atoms with Crippen molar-refractivity contribution in [2.45, 2.75) is 57.8 Å². The Kier molecular flexibility index (Phi) is 4.89. The molecule has 27 heavy (non-hydrogen) atoms. The molecule has 6 heteroatoms. The second-order valence-corrected chi connectivity index (χ2v) is 8.30. The summed E-state index contributed by atoms with van der Waals surface area (Å²) in [6.07, 6.45) is 13.1. The second kappa shape index (κ2) is 7.33. The van der Waals surface area contributed by atoms with E-state index in [2.05, 4.69) is 15.2 Å². The maximum atomic E-state index is 11.3. The molecule has 3 fully saturated rings. The number of H-pyrrole nitrogens is 1. The zero-order valence-electron chi connectivity index (χ0n) is 15.6. The summed E-state index contributed by atoms with van der Waals surface area (Å²) in [6, 6.07) is 5.76. The molecular weight excluding hydrogens is 342 g/mol. The molecule has 3 aliphatic rings. The summed E-state index contributed by atoms with van der Waals surface area (Å²) in [7, 11) is 0. The summed E-state index contributed by atoms with van der Waals surface area (Å²) >= 11 is 0. The maximum Gasteiger partial charge on any atom is 0.309 e. The number of rotatable bonds is 10. The molecule has 2 aromatic heterocycles. The van der Waals surface area contributed by atoms with Gasteiger partial charge in [-0.3, -0.25) is 14.9 Å². The molecule has 2 aromatic rings. The number of aromatic amines is 1. The number of aromatic nitrogens is 3. The molecule has 2 bridgehead atoms. The summed E-state index contributed by atoms with van der Waals surface area (Å²) in [4.78, 5) is 15.7. The van der Waals surface area contributed by atoms with E-state index >= 15 is 0 Å². The van der Waals surface area contributed by atoms with Crippen LogP contribution in [-0.2, 0) is 4.79 Å². The Morgan fingerprint density at radius 3 is 2.67 bits per heavy atom. The summed E-state index contributed by atoms with van der Waals surface area (Å²) in [5.41, 5.74) is 1.76. The Hall–Kier alpha value is -2.37. The lowest BCUT2D eigenvalue weighted by Crippen LogP contribution is -2.42. The zero-order valence-corrected chi connectivity index (χ0v) is 15.6. The van der Waals surface area contributed by atoms with E-state index in [0.29, 0.717) is 12.0 Å². The fourth-order valence-corrected chi connectivity index (χ4v) is 4.97. The van der Waals surface area contributed by atoms with Gasteiger partial charge in [-0.25, -0.2) is 0 Å². The van der Waals surface area contributed by atoms with Crippen molar-refractivity contribution in [3.8, 4) is 17.1 Å². The van der Waals surface area contributed by atoms with Crippen LogP contribution < -0.4 is 4.74 Å². The molecule has 0 aromatic carbocycles. The van der Waals surface area contributed by atoms with Gasteiger partial charge >= 0.3 is 5.97 Å². The molecule has 0 saturated heterocycles. The number of hydrogen-bond donors (Lipinski definition) is 2. The van der Waals surface area contributed by atoms with Gasteiger partial charge in [0.25, 0.3) is 0 Å². The van der Waals surface area contributed by atoms with Crippen LogP contribution in [0.1, 0.15) is 57.8 Å². The Morgan fingerprint density at radius 2 is 2.00 bits per heavy atom. The Balaban J connectivity index is 1.09. The van der Waals surface area contributed by atoms with Crippen LogP contribution in [0, 0.1) is 10.8 Å². The van der Waals surface area contributed by atoms with Gasteiger partial charge in [-0.2, -0.15) is 5.10 Å². The third-order valence-electron chi connectivity index (χ3n) is 6.40. The quantitative estimate of drug-likeness (QED) is 0.604. The molecule has 0 radical (unpaired) electrons. The summed E-state index contributed by atoms with van der Waals surface area (Å²) in [5, 5.41) is 16.2. The molecule has 2 N–H and O–H groups in total. The highest BCUT2D eigenvalue weighted by molar-refractivity contribution is 5.77. The van der Waals surface area contributed by atoms with Crippen molar-refractivity contribution in [3.63, 3.8) is 0 Å². The highest BCUT2D eigenvalue weighted by atomic mass is 16.5. The molecule has 5 rings (SSSR count). The van der Waals surface area contributed by atoms with Gasteiger partial charge in [-0.15, -0.1) is 0 Å². The number of carbonyl (C=O) groups is 1. The van der Waals surface area contributed by atoms with E-state index in [1.54, 1.807) is 12.4 Å². The van der Waals surface area contributed by atoms with E-state index in [-0.39, 0.29) is 5.41 Å². The van der Waals surface area contributed by atoms with E-state index in [1.807, 2.05) is 18.2 Å². The summed E-state index contributed by atoms with van der Waals surface area (Å²) in [5.74, 6) is 0.224. The number of unbranched alkanes of at least 4 members (excludes halogenated alkanes) is 3. The van der Waals surface area contributed by atoms with Gasteiger partial charge < -0.3 is 9.84 Å². The Labute approximate surface area is 159 Å². The molecule has 6 nitrogen and oxygen atoms in total. The van der Waals surface area contributed by atoms with Gasteiger partial charge in [0, 0.05) is 6.20 Å². The lowest BCUT2D eigenvalue weighted by molar-refractivity contribution is -0.157. The van der Waals surface area contributed by atoms with Crippen LogP contribution in [0.15, 0.2) is 30.6 Å². The van der Waals surface area contributed by atoms with Gasteiger partial charge in [-0.05, 0) is 62.1 Å². The number of fused-ring (bicyclic) bond motifs is 1. The number of nitrogens with zero attached hydrogens (tertiary/aromatic N) is 2. The van der Waals surface area contributed by atoms with Crippen molar-refractivity contribution in [1.82, 2.24) is 15.2 Å². The predicted molar refractivity (Wildman–Crippen MR) is 101 cm³/mol. The predicted octanol–water partition coefficient (Wildman–Crippen LogP) is 4.45. The molecule has 0 amide bonds. The van der Waals surface area contributed by atoms with Crippen LogP contribution in [0.25, 0.3) is 11.4 Å². The first-order valence-corrected chi connectivity index (χ1v) is 9.93. The summed E-state index contributed by atoms with van der Waals surface area (Å²) < 4.78 is 5.77. The summed E-state index contributed by atoms with van der Waals surface area (Å²) in [6.45, 7) is 0.707. The average Bonchev–Trinajstić information content (AvgIpc) is 3.37. The fraction of sp³-hybridized carbons (Fsp3) is 0.571. The van der Waals surface area contributed by atoms with Crippen LogP contribution in [-0.4, -0.2) is 32.9 Å². The van der Waals surface area contributed by atoms with E-state index in [9.17, 15) is 9.90 Å². The minimum Gasteiger partial charge on any atom is -0.492 e. The minimum atomic E-state index is -0.570. The molecule has 0 aliphatic heterocycles. The lowest BCUT2D eigenvalue weighted by Gasteiger charge is -2.45. The minimum absolute atomic E-state index is 0.352. The van der Waals surface area contributed by atoms with Crippen LogP contribution >= 0.6 is 0 Å². The SMILES string of the molecule is O=C(O)C12CCC(CCCCCCOc3ccc(-c4ccn[nH]4)nc3)(C1)C2. The number of carboxylic acid groups (broad SMARTS) is 1. The number of ether oxygens (including phenoxy) is 1. The van der Waals surface area contributed by atoms with Gasteiger partial charge in [-0.1, -0.05) is 19.3 Å². The third kappa shape index (κ3) is 3.70. The van der Waals surface area contributed by atoms with Crippen molar-refractivity contribution in [2.75, 3.05) is 6.61 Å². The number of hydrogen-bond acceptors (Lipinski definition) is 4. The smallest absolute Gasteiger partial charge is 0.309 e. The molecule has 0 unspecified atom stereocenters. The number of carboxylic acids is 1. The van der Waals surface area contributed by atoms with E-state index in [4.69, 9.17) is 4.74 Å². The van der Waals surface area contributed by atoms with Crippen LogP contribution in [0.3, 0.4) is 0 Å². The van der Waals surface area contributed by atoms with Crippen molar-refractivity contribution < 1.29 is 14.6 Å².